The number of rotatable bonds is 6. The zero-order valence-electron chi connectivity index (χ0n) is 13.4. The Morgan fingerprint density at radius 1 is 1.43 bits per heavy atom. The zero-order valence-corrected chi connectivity index (χ0v) is 13.4. The summed E-state index contributed by atoms with van der Waals surface area (Å²) in [5.41, 5.74) is 0. The molecule has 1 aliphatic heterocycles. The van der Waals surface area contributed by atoms with Crippen molar-refractivity contribution in [1.82, 2.24) is 20.1 Å². The molecule has 0 radical (unpaired) electrons. The van der Waals surface area contributed by atoms with Crippen LogP contribution in [0.25, 0.3) is 0 Å². The normalized spacial score (nSPS) is 22.0. The fourth-order valence-electron chi connectivity index (χ4n) is 2.69. The van der Waals surface area contributed by atoms with Gasteiger partial charge in [0.15, 0.2) is 5.82 Å². The van der Waals surface area contributed by atoms with Crippen molar-refractivity contribution >= 4 is 5.91 Å². The van der Waals surface area contributed by atoms with Crippen molar-refractivity contribution in [3.05, 3.63) is 11.6 Å². The second kappa shape index (κ2) is 7.02. The van der Waals surface area contributed by atoms with Crippen molar-refractivity contribution in [2.45, 2.75) is 71.1 Å². The van der Waals surface area contributed by atoms with Crippen LogP contribution in [0.2, 0.25) is 0 Å². The highest BCUT2D eigenvalue weighted by molar-refractivity contribution is 5.75. The molecule has 2 rings (SSSR count). The minimum absolute atomic E-state index is 0.0484. The minimum Gasteiger partial charge on any atom is -0.375 e. The summed E-state index contributed by atoms with van der Waals surface area (Å²) in [4.78, 5) is 11.9. The lowest BCUT2D eigenvalue weighted by Gasteiger charge is -2.11. The number of carbonyl (C=O) groups is 1. The highest BCUT2D eigenvalue weighted by Crippen LogP contribution is 2.22. The Labute approximate surface area is 126 Å². The fraction of sp³-hybridized carbons (Fsp3) is 0.800. The number of carbonyl (C=O) groups excluding carboxylic acids is 1. The molecule has 0 aliphatic carbocycles. The summed E-state index contributed by atoms with van der Waals surface area (Å²) in [7, 11) is 1.94. The highest BCUT2D eigenvalue weighted by atomic mass is 16.5. The number of hydrogen-bond acceptors (Lipinski definition) is 4. The Kier molecular flexibility index (Phi) is 5.33. The number of amides is 1. The van der Waals surface area contributed by atoms with Crippen LogP contribution in [-0.4, -0.2) is 32.9 Å². The molecule has 21 heavy (non-hydrogen) atoms. The molecule has 6 nitrogen and oxygen atoms in total. The molecule has 0 spiro atoms. The van der Waals surface area contributed by atoms with Crippen molar-refractivity contribution in [1.29, 1.82) is 0 Å². The van der Waals surface area contributed by atoms with Gasteiger partial charge in [0.1, 0.15) is 5.82 Å². The molecule has 0 bridgehead atoms. The molecule has 118 valence electrons. The van der Waals surface area contributed by atoms with E-state index in [1.54, 1.807) is 0 Å². The van der Waals surface area contributed by atoms with E-state index in [0.717, 1.165) is 30.9 Å². The van der Waals surface area contributed by atoms with E-state index < -0.39 is 0 Å². The molecule has 2 atom stereocenters. The molecule has 1 fully saturated rings. The standard InChI is InChI=1S/C15H26N4O2/c1-10(2)15-18-17-13(19(15)4)9-16-14(20)8-7-12-6-5-11(3)21-12/h10-12H,5-9H2,1-4H3,(H,16,20)/t11-,12+/m1/s1. The maximum Gasteiger partial charge on any atom is 0.220 e. The third kappa shape index (κ3) is 4.27. The Balaban J connectivity index is 1.74. The second-order valence-corrected chi connectivity index (χ2v) is 6.15. The summed E-state index contributed by atoms with van der Waals surface area (Å²) >= 11 is 0. The molecule has 1 aliphatic rings. The van der Waals surface area contributed by atoms with Crippen LogP contribution in [-0.2, 0) is 23.1 Å². The van der Waals surface area contributed by atoms with Crippen molar-refractivity contribution in [2.24, 2.45) is 7.05 Å². The van der Waals surface area contributed by atoms with E-state index in [1.165, 1.54) is 0 Å². The smallest absolute Gasteiger partial charge is 0.220 e. The molecule has 2 heterocycles. The summed E-state index contributed by atoms with van der Waals surface area (Å²) in [5.74, 6) is 2.10. The van der Waals surface area contributed by atoms with Gasteiger partial charge in [0.05, 0.1) is 18.8 Å². The zero-order chi connectivity index (χ0) is 15.4. The van der Waals surface area contributed by atoms with E-state index in [1.807, 2.05) is 11.6 Å². The third-order valence-corrected chi connectivity index (χ3v) is 3.97. The quantitative estimate of drug-likeness (QED) is 0.870. The SMILES string of the molecule is CC(C)c1nnc(CNC(=O)CC[C@@H]2CC[C@@H](C)O2)n1C. The van der Waals surface area contributed by atoms with Gasteiger partial charge in [-0.15, -0.1) is 10.2 Å². The summed E-state index contributed by atoms with van der Waals surface area (Å²) in [6, 6.07) is 0. The Morgan fingerprint density at radius 2 is 2.19 bits per heavy atom. The number of aromatic nitrogens is 3. The third-order valence-electron chi connectivity index (χ3n) is 3.97. The van der Waals surface area contributed by atoms with E-state index >= 15 is 0 Å². The summed E-state index contributed by atoms with van der Waals surface area (Å²) in [6.45, 7) is 6.67. The van der Waals surface area contributed by atoms with Crippen molar-refractivity contribution in [3.8, 4) is 0 Å². The molecule has 1 saturated heterocycles. The van der Waals surface area contributed by atoms with Gasteiger partial charge in [-0.25, -0.2) is 0 Å². The number of nitrogens with one attached hydrogen (secondary N) is 1. The van der Waals surface area contributed by atoms with E-state index in [-0.39, 0.29) is 12.0 Å². The lowest BCUT2D eigenvalue weighted by Crippen LogP contribution is -2.25. The van der Waals surface area contributed by atoms with Crippen molar-refractivity contribution in [3.63, 3.8) is 0 Å². The van der Waals surface area contributed by atoms with Gasteiger partial charge < -0.3 is 14.6 Å². The van der Waals surface area contributed by atoms with Crippen LogP contribution < -0.4 is 5.32 Å². The van der Waals surface area contributed by atoms with Gasteiger partial charge in [-0.2, -0.15) is 0 Å². The van der Waals surface area contributed by atoms with Crippen molar-refractivity contribution in [2.75, 3.05) is 0 Å². The van der Waals surface area contributed by atoms with Crippen LogP contribution in [0.3, 0.4) is 0 Å². The average molecular weight is 294 g/mol. The molecular formula is C15H26N4O2. The first-order chi connectivity index (χ1) is 9.97. The molecular weight excluding hydrogens is 268 g/mol. The Morgan fingerprint density at radius 3 is 2.76 bits per heavy atom. The lowest BCUT2D eigenvalue weighted by atomic mass is 10.1. The van der Waals surface area contributed by atoms with E-state index in [0.29, 0.717) is 25.0 Å². The van der Waals surface area contributed by atoms with Gasteiger partial charge in [-0.05, 0) is 26.2 Å². The molecule has 0 unspecified atom stereocenters. The molecule has 0 aromatic carbocycles. The van der Waals surface area contributed by atoms with E-state index in [9.17, 15) is 4.79 Å². The van der Waals surface area contributed by atoms with Crippen LogP contribution in [0.15, 0.2) is 0 Å². The van der Waals surface area contributed by atoms with E-state index in [2.05, 4.69) is 36.3 Å². The maximum atomic E-state index is 11.9. The number of ether oxygens (including phenoxy) is 1. The largest absolute Gasteiger partial charge is 0.375 e. The minimum atomic E-state index is 0.0484. The van der Waals surface area contributed by atoms with Gasteiger partial charge in [0, 0.05) is 19.4 Å². The molecule has 1 aromatic rings. The predicted octanol–water partition coefficient (Wildman–Crippen LogP) is 1.90. The number of hydrogen-bond donors (Lipinski definition) is 1. The van der Waals surface area contributed by atoms with Crippen LogP contribution >= 0.6 is 0 Å². The predicted molar refractivity (Wildman–Crippen MR) is 79.7 cm³/mol. The van der Waals surface area contributed by atoms with Gasteiger partial charge in [-0.1, -0.05) is 13.8 Å². The molecule has 1 amide bonds. The monoisotopic (exact) mass is 294 g/mol. The highest BCUT2D eigenvalue weighted by Gasteiger charge is 2.22. The van der Waals surface area contributed by atoms with Gasteiger partial charge in [-0.3, -0.25) is 4.79 Å². The lowest BCUT2D eigenvalue weighted by molar-refractivity contribution is -0.122. The molecule has 1 N–H and O–H groups in total. The average Bonchev–Trinajstić information content (AvgIpc) is 3.00. The Hall–Kier alpha value is -1.43. The maximum absolute atomic E-state index is 11.9. The van der Waals surface area contributed by atoms with Crippen LogP contribution in [0.5, 0.6) is 0 Å². The van der Waals surface area contributed by atoms with E-state index in [4.69, 9.17) is 4.74 Å². The Bertz CT molecular complexity index is 484. The fourth-order valence-corrected chi connectivity index (χ4v) is 2.69. The molecule has 6 heteroatoms. The van der Waals surface area contributed by atoms with Gasteiger partial charge in [0.2, 0.25) is 5.91 Å². The van der Waals surface area contributed by atoms with Gasteiger partial charge >= 0.3 is 0 Å². The first-order valence-electron chi connectivity index (χ1n) is 7.77. The summed E-state index contributed by atoms with van der Waals surface area (Å²) in [6.07, 6.45) is 4.05. The summed E-state index contributed by atoms with van der Waals surface area (Å²) in [5, 5.41) is 11.2. The van der Waals surface area contributed by atoms with Gasteiger partial charge in [0.25, 0.3) is 0 Å². The summed E-state index contributed by atoms with van der Waals surface area (Å²) < 4.78 is 7.67. The van der Waals surface area contributed by atoms with Crippen LogP contribution in [0.4, 0.5) is 0 Å². The second-order valence-electron chi connectivity index (χ2n) is 6.15. The van der Waals surface area contributed by atoms with Crippen LogP contribution in [0.1, 0.15) is 64.0 Å². The van der Waals surface area contributed by atoms with Crippen LogP contribution in [0, 0.1) is 0 Å². The first kappa shape index (κ1) is 15.9. The number of nitrogens with zero attached hydrogens (tertiary/aromatic N) is 3. The topological polar surface area (TPSA) is 69.0 Å². The molecule has 1 aromatic heterocycles. The molecule has 0 saturated carbocycles. The first-order valence-corrected chi connectivity index (χ1v) is 7.77. The van der Waals surface area contributed by atoms with Crippen molar-refractivity contribution < 1.29 is 9.53 Å².